The van der Waals surface area contributed by atoms with Crippen molar-refractivity contribution < 1.29 is 9.90 Å². The van der Waals surface area contributed by atoms with E-state index in [4.69, 9.17) is 0 Å². The van der Waals surface area contributed by atoms with Crippen LogP contribution >= 0.6 is 0 Å². The van der Waals surface area contributed by atoms with Gasteiger partial charge in [0.25, 0.3) is 0 Å². The van der Waals surface area contributed by atoms with E-state index in [0.717, 1.165) is 6.42 Å². The summed E-state index contributed by atoms with van der Waals surface area (Å²) in [5, 5.41) is 12.2. The Labute approximate surface area is 65.1 Å². The van der Waals surface area contributed by atoms with Gasteiger partial charge in [-0.2, -0.15) is 0 Å². The molecule has 0 spiro atoms. The molecular formula is C8H11NO2. The summed E-state index contributed by atoms with van der Waals surface area (Å²) in [5.41, 5.74) is 0. The molecule has 2 bridgehead atoms. The summed E-state index contributed by atoms with van der Waals surface area (Å²) in [5.74, 6) is 0.637. The molecule has 4 atom stereocenters. The molecule has 3 nitrogen and oxygen atoms in total. The molecule has 0 unspecified atom stereocenters. The number of carbonyl (C=O) groups is 1. The fourth-order valence-corrected chi connectivity index (χ4v) is 2.10. The monoisotopic (exact) mass is 153 g/mol. The minimum absolute atomic E-state index is 0.0394. The highest BCUT2D eigenvalue weighted by Crippen LogP contribution is 2.38. The third kappa shape index (κ3) is 0.878. The van der Waals surface area contributed by atoms with Crippen LogP contribution in [0.3, 0.4) is 0 Å². The molecule has 0 aromatic rings. The molecule has 2 rings (SSSR count). The maximum Gasteiger partial charge on any atom is 0.207 e. The third-order valence-electron chi connectivity index (χ3n) is 2.68. The van der Waals surface area contributed by atoms with Crippen LogP contribution in [0.25, 0.3) is 0 Å². The summed E-state index contributed by atoms with van der Waals surface area (Å²) in [6, 6.07) is -0.0394. The van der Waals surface area contributed by atoms with Crippen LogP contribution in [0.5, 0.6) is 0 Å². The molecule has 0 saturated heterocycles. The number of aliphatic hydroxyl groups excluding tert-OH is 1. The quantitative estimate of drug-likeness (QED) is 0.421. The molecule has 0 aliphatic heterocycles. The molecular weight excluding hydrogens is 142 g/mol. The Hall–Kier alpha value is -0.830. The normalized spacial score (nSPS) is 46.3. The van der Waals surface area contributed by atoms with E-state index in [-0.39, 0.29) is 18.1 Å². The Bertz CT molecular complexity index is 202. The lowest BCUT2D eigenvalue weighted by Gasteiger charge is -2.22. The maximum atomic E-state index is 10.1. The van der Waals surface area contributed by atoms with Crippen LogP contribution in [0.15, 0.2) is 12.2 Å². The molecule has 1 saturated carbocycles. The average molecular weight is 153 g/mol. The highest BCUT2D eigenvalue weighted by Gasteiger charge is 2.43. The summed E-state index contributed by atoms with van der Waals surface area (Å²) in [6.45, 7) is 0. The Morgan fingerprint density at radius 2 is 2.18 bits per heavy atom. The van der Waals surface area contributed by atoms with Gasteiger partial charge in [0.2, 0.25) is 6.41 Å². The first kappa shape index (κ1) is 6.85. The number of carbonyl (C=O) groups excluding carboxylic acids is 1. The van der Waals surface area contributed by atoms with Crippen LogP contribution < -0.4 is 5.32 Å². The van der Waals surface area contributed by atoms with Gasteiger partial charge >= 0.3 is 0 Å². The number of amides is 1. The number of rotatable bonds is 2. The first-order valence-electron chi connectivity index (χ1n) is 3.89. The molecule has 11 heavy (non-hydrogen) atoms. The van der Waals surface area contributed by atoms with Gasteiger partial charge in [0.05, 0.1) is 12.1 Å². The smallest absolute Gasteiger partial charge is 0.207 e. The van der Waals surface area contributed by atoms with E-state index in [1.807, 2.05) is 6.08 Å². The van der Waals surface area contributed by atoms with Crippen LogP contribution in [0.1, 0.15) is 6.42 Å². The second-order valence-electron chi connectivity index (χ2n) is 3.25. The van der Waals surface area contributed by atoms with E-state index >= 15 is 0 Å². The van der Waals surface area contributed by atoms with Gasteiger partial charge in [-0.3, -0.25) is 4.79 Å². The molecule has 2 N–H and O–H groups in total. The van der Waals surface area contributed by atoms with E-state index in [1.54, 1.807) is 0 Å². The van der Waals surface area contributed by atoms with Crippen molar-refractivity contribution in [2.45, 2.75) is 18.6 Å². The standard InChI is InChI=1S/C8H11NO2/c10-4-9-7-5-1-2-6(3-5)8(7)11/h1-2,4-8,11H,3H2,(H,9,10)/t5-,6+,7-,8+/m1/s1. The Balaban J connectivity index is 2.11. The topological polar surface area (TPSA) is 49.3 Å². The predicted molar refractivity (Wildman–Crippen MR) is 39.7 cm³/mol. The second kappa shape index (κ2) is 2.34. The number of nitrogens with one attached hydrogen (secondary N) is 1. The summed E-state index contributed by atoms with van der Waals surface area (Å²) >= 11 is 0. The first-order chi connectivity index (χ1) is 5.33. The summed E-state index contributed by atoms with van der Waals surface area (Å²) in [6.07, 6.45) is 5.42. The van der Waals surface area contributed by atoms with Gasteiger partial charge in [-0.1, -0.05) is 12.2 Å². The Kier molecular flexibility index (Phi) is 1.46. The maximum absolute atomic E-state index is 10.1. The average Bonchev–Trinajstić information content (AvgIpc) is 2.54. The lowest BCUT2D eigenvalue weighted by Crippen LogP contribution is -2.41. The fourth-order valence-electron chi connectivity index (χ4n) is 2.10. The zero-order chi connectivity index (χ0) is 7.84. The highest BCUT2D eigenvalue weighted by atomic mass is 16.3. The Morgan fingerprint density at radius 1 is 1.45 bits per heavy atom. The lowest BCUT2D eigenvalue weighted by atomic mass is 9.99. The van der Waals surface area contributed by atoms with Crippen LogP contribution in [-0.2, 0) is 4.79 Å². The van der Waals surface area contributed by atoms with Crippen molar-refractivity contribution in [3.63, 3.8) is 0 Å². The van der Waals surface area contributed by atoms with Gasteiger partial charge < -0.3 is 10.4 Å². The largest absolute Gasteiger partial charge is 0.390 e. The van der Waals surface area contributed by atoms with Crippen LogP contribution in [0, 0.1) is 11.8 Å². The van der Waals surface area contributed by atoms with Gasteiger partial charge in [0, 0.05) is 11.8 Å². The summed E-state index contributed by atoms with van der Waals surface area (Å²) in [7, 11) is 0. The fraction of sp³-hybridized carbons (Fsp3) is 0.625. The SMILES string of the molecule is O=CN[C@H]1[C@@H](O)[C@H]2C=C[C@@H]1C2. The molecule has 1 fully saturated rings. The van der Waals surface area contributed by atoms with E-state index in [9.17, 15) is 9.90 Å². The predicted octanol–water partition coefficient (Wildman–Crippen LogP) is -0.332. The lowest BCUT2D eigenvalue weighted by molar-refractivity contribution is -0.111. The minimum Gasteiger partial charge on any atom is -0.390 e. The Morgan fingerprint density at radius 3 is 2.73 bits per heavy atom. The zero-order valence-corrected chi connectivity index (χ0v) is 6.10. The molecule has 0 heterocycles. The van der Waals surface area contributed by atoms with Crippen molar-refractivity contribution in [3.05, 3.63) is 12.2 Å². The summed E-state index contributed by atoms with van der Waals surface area (Å²) in [4.78, 5) is 10.1. The molecule has 60 valence electrons. The number of hydrogen-bond donors (Lipinski definition) is 2. The molecule has 0 radical (unpaired) electrons. The van der Waals surface area contributed by atoms with Crippen molar-refractivity contribution >= 4 is 6.41 Å². The first-order valence-corrected chi connectivity index (χ1v) is 3.89. The van der Waals surface area contributed by atoms with Crippen molar-refractivity contribution in [3.8, 4) is 0 Å². The molecule has 3 heteroatoms. The van der Waals surface area contributed by atoms with Gasteiger partial charge in [-0.15, -0.1) is 0 Å². The summed E-state index contributed by atoms with van der Waals surface area (Å²) < 4.78 is 0. The zero-order valence-electron chi connectivity index (χ0n) is 6.10. The van der Waals surface area contributed by atoms with Crippen molar-refractivity contribution in [2.75, 3.05) is 0 Å². The van der Waals surface area contributed by atoms with E-state index < -0.39 is 0 Å². The van der Waals surface area contributed by atoms with Crippen molar-refractivity contribution in [2.24, 2.45) is 11.8 Å². The van der Waals surface area contributed by atoms with Crippen LogP contribution in [0.2, 0.25) is 0 Å². The molecule has 0 aromatic heterocycles. The molecule has 0 aromatic carbocycles. The number of hydrogen-bond acceptors (Lipinski definition) is 2. The van der Waals surface area contributed by atoms with Crippen LogP contribution in [-0.4, -0.2) is 23.7 Å². The second-order valence-corrected chi connectivity index (χ2v) is 3.25. The minimum atomic E-state index is -0.366. The van der Waals surface area contributed by atoms with Gasteiger partial charge in [-0.05, 0) is 6.42 Å². The van der Waals surface area contributed by atoms with Crippen LogP contribution in [0.4, 0.5) is 0 Å². The molecule has 2 aliphatic rings. The van der Waals surface area contributed by atoms with E-state index in [1.165, 1.54) is 0 Å². The van der Waals surface area contributed by atoms with Crippen molar-refractivity contribution in [1.82, 2.24) is 5.32 Å². The van der Waals surface area contributed by atoms with Crippen molar-refractivity contribution in [1.29, 1.82) is 0 Å². The molecule has 1 amide bonds. The number of fused-ring (bicyclic) bond motifs is 2. The van der Waals surface area contributed by atoms with Gasteiger partial charge in [0.1, 0.15) is 0 Å². The van der Waals surface area contributed by atoms with Gasteiger partial charge in [-0.25, -0.2) is 0 Å². The van der Waals surface area contributed by atoms with E-state index in [2.05, 4.69) is 11.4 Å². The third-order valence-corrected chi connectivity index (χ3v) is 2.68. The van der Waals surface area contributed by atoms with E-state index in [0.29, 0.717) is 12.3 Å². The highest BCUT2D eigenvalue weighted by molar-refractivity contribution is 5.47. The molecule has 2 aliphatic carbocycles. The van der Waals surface area contributed by atoms with Gasteiger partial charge in [0.15, 0.2) is 0 Å². The number of aliphatic hydroxyl groups is 1.